The Bertz CT molecular complexity index is 192. The van der Waals surface area contributed by atoms with Gasteiger partial charge in [0.2, 0.25) is 0 Å². The van der Waals surface area contributed by atoms with E-state index in [0.29, 0.717) is 0 Å². The van der Waals surface area contributed by atoms with Crippen LogP contribution in [0, 0.1) is 5.92 Å². The minimum Gasteiger partial charge on any atom is -0.335 e. The van der Waals surface area contributed by atoms with Crippen molar-refractivity contribution in [1.82, 2.24) is 10.6 Å². The molecule has 0 aliphatic heterocycles. The van der Waals surface area contributed by atoms with E-state index in [2.05, 4.69) is 5.32 Å². The molecule has 0 spiro atoms. The molecule has 0 heterocycles. The summed E-state index contributed by atoms with van der Waals surface area (Å²) < 4.78 is 35.0. The molecule has 0 aromatic rings. The molecule has 14 heavy (non-hydrogen) atoms. The predicted molar refractivity (Wildman–Crippen MR) is 46.9 cm³/mol. The summed E-state index contributed by atoms with van der Waals surface area (Å²) in [5, 5.41) is 4.14. The topological polar surface area (TPSA) is 41.1 Å². The molecule has 6 heteroatoms. The summed E-state index contributed by atoms with van der Waals surface area (Å²) in [4.78, 5) is 10.9. The third-order valence-electron chi connectivity index (χ3n) is 1.81. The molecule has 0 aliphatic carbocycles. The molecule has 0 radical (unpaired) electrons. The van der Waals surface area contributed by atoms with E-state index in [-0.39, 0.29) is 12.0 Å². The summed E-state index contributed by atoms with van der Waals surface area (Å²) in [6.07, 6.45) is -4.36. The van der Waals surface area contributed by atoms with E-state index in [4.69, 9.17) is 0 Å². The molecular formula is C8H15F3N2O. The number of carbonyl (C=O) groups is 1. The zero-order valence-electron chi connectivity index (χ0n) is 8.40. The monoisotopic (exact) mass is 212 g/mol. The molecule has 2 N–H and O–H groups in total. The Morgan fingerprint density at radius 2 is 1.79 bits per heavy atom. The van der Waals surface area contributed by atoms with Crippen LogP contribution in [0.1, 0.15) is 20.8 Å². The minimum absolute atomic E-state index is 0.150. The molecule has 0 bridgehead atoms. The van der Waals surface area contributed by atoms with Crippen molar-refractivity contribution in [3.05, 3.63) is 0 Å². The van der Waals surface area contributed by atoms with Crippen LogP contribution in [0.4, 0.5) is 18.0 Å². The van der Waals surface area contributed by atoms with Crippen LogP contribution in [-0.4, -0.2) is 24.8 Å². The average Bonchev–Trinajstić information content (AvgIpc) is 1.99. The third-order valence-corrected chi connectivity index (χ3v) is 1.81. The zero-order valence-corrected chi connectivity index (χ0v) is 8.40. The summed E-state index contributed by atoms with van der Waals surface area (Å²) in [5.74, 6) is 0.187. The Hall–Kier alpha value is -0.940. The maximum atomic E-state index is 11.7. The van der Waals surface area contributed by atoms with E-state index in [1.54, 1.807) is 12.2 Å². The van der Waals surface area contributed by atoms with Crippen LogP contribution in [0.25, 0.3) is 0 Å². The van der Waals surface area contributed by atoms with E-state index in [1.807, 2.05) is 13.8 Å². The number of rotatable bonds is 3. The van der Waals surface area contributed by atoms with Crippen LogP contribution >= 0.6 is 0 Å². The van der Waals surface area contributed by atoms with Crippen LogP contribution in [0.15, 0.2) is 0 Å². The summed E-state index contributed by atoms with van der Waals surface area (Å²) in [6, 6.07) is -0.938. The minimum atomic E-state index is -4.36. The van der Waals surface area contributed by atoms with Crippen molar-refractivity contribution in [2.24, 2.45) is 5.92 Å². The first kappa shape index (κ1) is 13.1. The Morgan fingerprint density at radius 3 is 2.14 bits per heavy atom. The van der Waals surface area contributed by atoms with Gasteiger partial charge in [-0.2, -0.15) is 13.2 Å². The summed E-state index contributed by atoms with van der Waals surface area (Å²) in [5.41, 5.74) is 0. The molecule has 2 amide bonds. The quantitative estimate of drug-likeness (QED) is 0.737. The largest absolute Gasteiger partial charge is 0.405 e. The van der Waals surface area contributed by atoms with Crippen LogP contribution in [0.2, 0.25) is 0 Å². The first-order valence-electron chi connectivity index (χ1n) is 4.33. The van der Waals surface area contributed by atoms with Gasteiger partial charge in [0.25, 0.3) is 0 Å². The highest BCUT2D eigenvalue weighted by atomic mass is 19.4. The van der Waals surface area contributed by atoms with Crippen molar-refractivity contribution in [2.45, 2.75) is 33.0 Å². The lowest BCUT2D eigenvalue weighted by molar-refractivity contribution is -0.122. The molecule has 0 saturated heterocycles. The summed E-state index contributed by atoms with van der Waals surface area (Å²) >= 11 is 0. The molecule has 0 rings (SSSR count). The molecule has 0 aliphatic rings. The number of carbonyl (C=O) groups excluding carboxylic acids is 1. The van der Waals surface area contributed by atoms with Crippen molar-refractivity contribution in [1.29, 1.82) is 0 Å². The van der Waals surface area contributed by atoms with Crippen molar-refractivity contribution in [3.63, 3.8) is 0 Å². The van der Waals surface area contributed by atoms with Crippen molar-refractivity contribution < 1.29 is 18.0 Å². The normalized spacial score (nSPS) is 13.9. The van der Waals surface area contributed by atoms with Gasteiger partial charge in [0, 0.05) is 6.04 Å². The Morgan fingerprint density at radius 1 is 1.29 bits per heavy atom. The summed E-state index contributed by atoms with van der Waals surface area (Å²) in [7, 11) is 0. The van der Waals surface area contributed by atoms with Gasteiger partial charge in [-0.3, -0.25) is 0 Å². The van der Waals surface area contributed by atoms with Crippen molar-refractivity contribution >= 4 is 6.03 Å². The fourth-order valence-corrected chi connectivity index (χ4v) is 0.605. The molecule has 0 saturated carbocycles. The Balaban J connectivity index is 3.77. The molecule has 0 aromatic heterocycles. The van der Waals surface area contributed by atoms with Gasteiger partial charge >= 0.3 is 12.2 Å². The second kappa shape index (κ2) is 5.07. The lowest BCUT2D eigenvalue weighted by Crippen LogP contribution is -2.45. The lowest BCUT2D eigenvalue weighted by Gasteiger charge is -2.18. The predicted octanol–water partition coefficient (Wildman–Crippen LogP) is 1.89. The average molecular weight is 212 g/mol. The summed E-state index contributed by atoms with van der Waals surface area (Å²) in [6.45, 7) is 4.17. The van der Waals surface area contributed by atoms with Gasteiger partial charge in [-0.1, -0.05) is 13.8 Å². The Kier molecular flexibility index (Phi) is 4.73. The second-order valence-corrected chi connectivity index (χ2v) is 3.47. The number of urea groups is 1. The van der Waals surface area contributed by atoms with Crippen LogP contribution < -0.4 is 10.6 Å². The highest BCUT2D eigenvalue weighted by molar-refractivity contribution is 5.74. The van der Waals surface area contributed by atoms with Gasteiger partial charge in [0.15, 0.2) is 0 Å². The number of amides is 2. The molecule has 1 atom stereocenters. The molecule has 1 unspecified atom stereocenters. The van der Waals surface area contributed by atoms with E-state index >= 15 is 0 Å². The van der Waals surface area contributed by atoms with Crippen LogP contribution in [0.5, 0.6) is 0 Å². The second-order valence-electron chi connectivity index (χ2n) is 3.47. The molecule has 3 nitrogen and oxygen atoms in total. The standard InChI is InChI=1S/C8H15F3N2O/c1-5(2)6(3)13-7(14)12-4-8(9,10)11/h5-6H,4H2,1-3H3,(H2,12,13,14). The van der Waals surface area contributed by atoms with E-state index < -0.39 is 18.8 Å². The van der Waals surface area contributed by atoms with Crippen molar-refractivity contribution in [3.8, 4) is 0 Å². The molecule has 84 valence electrons. The smallest absolute Gasteiger partial charge is 0.335 e. The van der Waals surface area contributed by atoms with Gasteiger partial charge in [0.05, 0.1) is 0 Å². The molecular weight excluding hydrogens is 197 g/mol. The van der Waals surface area contributed by atoms with Gasteiger partial charge in [-0.25, -0.2) is 4.79 Å². The molecule has 0 fully saturated rings. The fraction of sp³-hybridized carbons (Fsp3) is 0.875. The first-order chi connectivity index (χ1) is 6.22. The number of alkyl halides is 3. The van der Waals surface area contributed by atoms with Crippen molar-refractivity contribution in [2.75, 3.05) is 6.54 Å². The SMILES string of the molecule is CC(C)C(C)NC(=O)NCC(F)(F)F. The molecule has 0 aromatic carbocycles. The van der Waals surface area contributed by atoms with E-state index in [1.165, 1.54) is 0 Å². The van der Waals surface area contributed by atoms with Gasteiger partial charge in [0.1, 0.15) is 6.54 Å². The van der Waals surface area contributed by atoms with E-state index in [0.717, 1.165) is 0 Å². The highest BCUT2D eigenvalue weighted by Crippen LogP contribution is 2.12. The number of halogens is 3. The fourth-order valence-electron chi connectivity index (χ4n) is 0.605. The lowest BCUT2D eigenvalue weighted by atomic mass is 10.1. The van der Waals surface area contributed by atoms with Crippen LogP contribution in [0.3, 0.4) is 0 Å². The van der Waals surface area contributed by atoms with Gasteiger partial charge in [-0.05, 0) is 12.8 Å². The maximum absolute atomic E-state index is 11.7. The number of hydrogen-bond donors (Lipinski definition) is 2. The van der Waals surface area contributed by atoms with Crippen LogP contribution in [-0.2, 0) is 0 Å². The number of hydrogen-bond acceptors (Lipinski definition) is 1. The van der Waals surface area contributed by atoms with Gasteiger partial charge < -0.3 is 10.6 Å². The van der Waals surface area contributed by atoms with E-state index in [9.17, 15) is 18.0 Å². The zero-order chi connectivity index (χ0) is 11.4. The first-order valence-corrected chi connectivity index (χ1v) is 4.33. The highest BCUT2D eigenvalue weighted by Gasteiger charge is 2.27. The Labute approximate surface area is 81.1 Å². The van der Waals surface area contributed by atoms with Gasteiger partial charge in [-0.15, -0.1) is 0 Å². The maximum Gasteiger partial charge on any atom is 0.405 e. The number of nitrogens with one attached hydrogen (secondary N) is 2. The third kappa shape index (κ3) is 6.56.